The number of carbonyl (C=O) groups excluding carboxylic acids is 1. The summed E-state index contributed by atoms with van der Waals surface area (Å²) >= 11 is 0. The second-order valence-corrected chi connectivity index (χ2v) is 5.62. The molecule has 0 atom stereocenters. The van der Waals surface area contributed by atoms with E-state index < -0.39 is 0 Å². The highest BCUT2D eigenvalue weighted by atomic mass is 16.5. The van der Waals surface area contributed by atoms with Crippen molar-refractivity contribution >= 4 is 5.91 Å². The predicted octanol–water partition coefficient (Wildman–Crippen LogP) is 3.34. The van der Waals surface area contributed by atoms with E-state index in [0.717, 1.165) is 18.4 Å². The molecule has 0 bridgehead atoms. The van der Waals surface area contributed by atoms with E-state index in [1.807, 2.05) is 44.2 Å². The number of aromatic nitrogens is 3. The third kappa shape index (κ3) is 3.93. The number of hydrogen-bond donors (Lipinski definition) is 0. The number of carbonyl (C=O) groups is 1. The Morgan fingerprint density at radius 3 is 2.64 bits per heavy atom. The monoisotopic (exact) mass is 340 g/mol. The van der Waals surface area contributed by atoms with Crippen molar-refractivity contribution in [2.24, 2.45) is 0 Å². The molecular formula is C18H20N4O3. The van der Waals surface area contributed by atoms with E-state index >= 15 is 0 Å². The van der Waals surface area contributed by atoms with Gasteiger partial charge in [-0.1, -0.05) is 47.6 Å². The van der Waals surface area contributed by atoms with Crippen LogP contribution in [-0.4, -0.2) is 32.6 Å². The Balaban J connectivity index is 1.72. The Morgan fingerprint density at radius 2 is 1.92 bits per heavy atom. The SMILES string of the molecule is CCCc1nc(CN(CC)C(=O)c2cc(-c3ccccc3)on2)no1. The van der Waals surface area contributed by atoms with Crippen LogP contribution in [0.4, 0.5) is 0 Å². The molecule has 7 heteroatoms. The number of amides is 1. The van der Waals surface area contributed by atoms with Gasteiger partial charge in [-0.2, -0.15) is 4.98 Å². The zero-order valence-electron chi connectivity index (χ0n) is 14.3. The normalized spacial score (nSPS) is 10.8. The second kappa shape index (κ2) is 7.74. The van der Waals surface area contributed by atoms with Crippen LogP contribution < -0.4 is 0 Å². The molecule has 25 heavy (non-hydrogen) atoms. The minimum absolute atomic E-state index is 0.227. The van der Waals surface area contributed by atoms with Gasteiger partial charge in [-0.3, -0.25) is 4.79 Å². The van der Waals surface area contributed by atoms with Crippen LogP contribution in [0.1, 0.15) is 42.5 Å². The summed E-state index contributed by atoms with van der Waals surface area (Å²) in [6.45, 7) is 4.71. The Labute approximate surface area is 145 Å². The van der Waals surface area contributed by atoms with Gasteiger partial charge in [0.15, 0.2) is 17.3 Å². The van der Waals surface area contributed by atoms with Crippen LogP contribution in [0.2, 0.25) is 0 Å². The molecule has 0 aliphatic rings. The van der Waals surface area contributed by atoms with E-state index in [-0.39, 0.29) is 18.1 Å². The van der Waals surface area contributed by atoms with Crippen molar-refractivity contribution in [3.05, 3.63) is 53.8 Å². The van der Waals surface area contributed by atoms with Crippen LogP contribution in [-0.2, 0) is 13.0 Å². The van der Waals surface area contributed by atoms with Gasteiger partial charge in [-0.15, -0.1) is 0 Å². The van der Waals surface area contributed by atoms with Crippen molar-refractivity contribution in [1.29, 1.82) is 0 Å². The van der Waals surface area contributed by atoms with Gasteiger partial charge in [0.05, 0.1) is 6.54 Å². The maximum absolute atomic E-state index is 12.7. The number of benzene rings is 1. The average Bonchev–Trinajstić information content (AvgIpc) is 3.30. The van der Waals surface area contributed by atoms with Gasteiger partial charge in [0.2, 0.25) is 5.89 Å². The molecule has 1 aromatic carbocycles. The molecule has 0 saturated carbocycles. The first-order valence-electron chi connectivity index (χ1n) is 8.34. The van der Waals surface area contributed by atoms with Crippen LogP contribution in [0.3, 0.4) is 0 Å². The Bertz CT molecular complexity index is 826. The third-order valence-corrected chi connectivity index (χ3v) is 3.76. The van der Waals surface area contributed by atoms with E-state index in [1.54, 1.807) is 11.0 Å². The highest BCUT2D eigenvalue weighted by Gasteiger charge is 2.21. The fourth-order valence-corrected chi connectivity index (χ4v) is 2.44. The highest BCUT2D eigenvalue weighted by Crippen LogP contribution is 2.20. The summed E-state index contributed by atoms with van der Waals surface area (Å²) in [4.78, 5) is 18.6. The van der Waals surface area contributed by atoms with Gasteiger partial charge >= 0.3 is 0 Å². The van der Waals surface area contributed by atoms with Crippen molar-refractivity contribution in [3.63, 3.8) is 0 Å². The summed E-state index contributed by atoms with van der Waals surface area (Å²) in [5.74, 6) is 1.42. The largest absolute Gasteiger partial charge is 0.355 e. The molecule has 0 fully saturated rings. The molecule has 2 aromatic heterocycles. The fraction of sp³-hybridized carbons (Fsp3) is 0.333. The van der Waals surface area contributed by atoms with Crippen molar-refractivity contribution in [1.82, 2.24) is 20.2 Å². The molecule has 130 valence electrons. The first kappa shape index (κ1) is 16.9. The lowest BCUT2D eigenvalue weighted by Crippen LogP contribution is -2.31. The summed E-state index contributed by atoms with van der Waals surface area (Å²) in [5, 5.41) is 7.83. The molecule has 3 rings (SSSR count). The first-order chi connectivity index (χ1) is 12.2. The van der Waals surface area contributed by atoms with E-state index in [4.69, 9.17) is 9.05 Å². The number of aryl methyl sites for hydroxylation is 1. The first-order valence-corrected chi connectivity index (χ1v) is 8.34. The van der Waals surface area contributed by atoms with Gasteiger partial charge in [0.25, 0.3) is 5.91 Å². The lowest BCUT2D eigenvalue weighted by Gasteiger charge is -2.17. The smallest absolute Gasteiger partial charge is 0.276 e. The summed E-state index contributed by atoms with van der Waals surface area (Å²) in [6.07, 6.45) is 1.66. The molecule has 0 aliphatic heterocycles. The van der Waals surface area contributed by atoms with Crippen LogP contribution in [0.5, 0.6) is 0 Å². The van der Waals surface area contributed by atoms with Crippen LogP contribution in [0, 0.1) is 0 Å². The molecule has 0 unspecified atom stereocenters. The second-order valence-electron chi connectivity index (χ2n) is 5.62. The average molecular weight is 340 g/mol. The number of nitrogens with zero attached hydrogens (tertiary/aromatic N) is 4. The lowest BCUT2D eigenvalue weighted by molar-refractivity contribution is 0.0737. The standard InChI is InChI=1S/C18H20N4O3/c1-3-8-17-19-16(21-25-17)12-22(4-2)18(23)14-11-15(24-20-14)13-9-6-5-7-10-13/h5-7,9-11H,3-4,8,12H2,1-2H3. The van der Waals surface area contributed by atoms with Crippen molar-refractivity contribution in [2.75, 3.05) is 6.54 Å². The van der Waals surface area contributed by atoms with Gasteiger partial charge in [-0.05, 0) is 13.3 Å². The molecule has 0 spiro atoms. The maximum atomic E-state index is 12.7. The van der Waals surface area contributed by atoms with E-state index in [2.05, 4.69) is 15.3 Å². The van der Waals surface area contributed by atoms with Crippen LogP contribution >= 0.6 is 0 Å². The zero-order chi connectivity index (χ0) is 17.6. The van der Waals surface area contributed by atoms with E-state index in [1.165, 1.54) is 0 Å². The summed E-state index contributed by atoms with van der Waals surface area (Å²) in [5.41, 5.74) is 1.14. The predicted molar refractivity (Wildman–Crippen MR) is 90.6 cm³/mol. The fourth-order valence-electron chi connectivity index (χ4n) is 2.44. The van der Waals surface area contributed by atoms with Crippen LogP contribution in [0.25, 0.3) is 11.3 Å². The van der Waals surface area contributed by atoms with Gasteiger partial charge < -0.3 is 13.9 Å². The number of hydrogen-bond acceptors (Lipinski definition) is 6. The Morgan fingerprint density at radius 1 is 1.12 bits per heavy atom. The molecule has 0 aliphatic carbocycles. The van der Waals surface area contributed by atoms with Crippen molar-refractivity contribution in [2.45, 2.75) is 33.2 Å². The van der Waals surface area contributed by atoms with Crippen molar-refractivity contribution < 1.29 is 13.8 Å². The highest BCUT2D eigenvalue weighted by molar-refractivity contribution is 5.93. The summed E-state index contributed by atoms with van der Waals surface area (Å²) < 4.78 is 10.5. The molecule has 3 aromatic rings. The van der Waals surface area contributed by atoms with Crippen molar-refractivity contribution in [3.8, 4) is 11.3 Å². The third-order valence-electron chi connectivity index (χ3n) is 3.76. The minimum Gasteiger partial charge on any atom is -0.355 e. The quantitative estimate of drug-likeness (QED) is 0.656. The maximum Gasteiger partial charge on any atom is 0.276 e. The lowest BCUT2D eigenvalue weighted by atomic mass is 10.1. The Kier molecular flexibility index (Phi) is 5.23. The molecule has 0 saturated heterocycles. The number of rotatable bonds is 7. The molecule has 0 N–H and O–H groups in total. The van der Waals surface area contributed by atoms with Gasteiger partial charge in [0.1, 0.15) is 0 Å². The summed E-state index contributed by atoms with van der Waals surface area (Å²) in [6, 6.07) is 11.2. The van der Waals surface area contributed by atoms with Gasteiger partial charge in [-0.25, -0.2) is 0 Å². The van der Waals surface area contributed by atoms with Crippen LogP contribution in [0.15, 0.2) is 45.4 Å². The molecule has 1 amide bonds. The van der Waals surface area contributed by atoms with E-state index in [9.17, 15) is 4.79 Å². The minimum atomic E-state index is -0.227. The molecule has 2 heterocycles. The zero-order valence-corrected chi connectivity index (χ0v) is 14.3. The Hall–Kier alpha value is -2.96. The molecule has 7 nitrogen and oxygen atoms in total. The van der Waals surface area contributed by atoms with E-state index in [0.29, 0.717) is 24.0 Å². The topological polar surface area (TPSA) is 85.3 Å². The van der Waals surface area contributed by atoms with Gasteiger partial charge in [0, 0.05) is 24.6 Å². The molecule has 0 radical (unpaired) electrons. The molecular weight excluding hydrogens is 320 g/mol. The summed E-state index contributed by atoms with van der Waals surface area (Å²) in [7, 11) is 0.